The van der Waals surface area contributed by atoms with Gasteiger partial charge >= 0.3 is 6.09 Å². The number of rotatable bonds is 6. The maximum absolute atomic E-state index is 12.4. The average molecular weight is 375 g/mol. The van der Waals surface area contributed by atoms with Crippen molar-refractivity contribution in [2.24, 2.45) is 5.92 Å². The zero-order chi connectivity index (χ0) is 19.4. The van der Waals surface area contributed by atoms with Crippen molar-refractivity contribution in [3.63, 3.8) is 0 Å². The molecule has 0 atom stereocenters. The first-order valence-electron chi connectivity index (χ1n) is 8.50. The fraction of sp³-hybridized carbons (Fsp3) is 0.421. The number of hydrogen-bond donors (Lipinski definition) is 2. The highest BCUT2D eigenvalue weighted by Crippen LogP contribution is 2.24. The van der Waals surface area contributed by atoms with E-state index in [1.807, 2.05) is 46.8 Å². The van der Waals surface area contributed by atoms with E-state index in [1.54, 1.807) is 5.38 Å². The van der Waals surface area contributed by atoms with Crippen LogP contribution < -0.4 is 10.2 Å². The van der Waals surface area contributed by atoms with Gasteiger partial charge in [-0.15, -0.1) is 11.3 Å². The lowest BCUT2D eigenvalue weighted by Gasteiger charge is -2.17. The molecule has 0 aliphatic heterocycles. The van der Waals surface area contributed by atoms with Gasteiger partial charge in [0.05, 0.1) is 12.1 Å². The second kappa shape index (κ2) is 8.31. The summed E-state index contributed by atoms with van der Waals surface area (Å²) in [5.41, 5.74) is 4.58. The molecule has 1 heterocycles. The molecule has 0 radical (unpaired) electrons. The summed E-state index contributed by atoms with van der Waals surface area (Å²) >= 11 is 1.24. The Labute approximate surface area is 157 Å². The quantitative estimate of drug-likeness (QED) is 0.784. The molecular formula is C19H25N3O3S. The number of benzene rings is 1. The average Bonchev–Trinajstić information content (AvgIpc) is 2.96. The smallest absolute Gasteiger partial charge is 0.413 e. The molecule has 0 saturated carbocycles. The molecule has 1 aromatic heterocycles. The number of carbonyl (C=O) groups excluding carboxylic acids is 1. The molecule has 2 rings (SSSR count). The van der Waals surface area contributed by atoms with Gasteiger partial charge in [-0.05, 0) is 37.8 Å². The first-order valence-corrected chi connectivity index (χ1v) is 9.38. The maximum atomic E-state index is 12.4. The van der Waals surface area contributed by atoms with Gasteiger partial charge in [0.2, 0.25) is 5.91 Å². The lowest BCUT2D eigenvalue weighted by atomic mass is 10.0. The Morgan fingerprint density at radius 2 is 1.85 bits per heavy atom. The Kier molecular flexibility index (Phi) is 6.37. The summed E-state index contributed by atoms with van der Waals surface area (Å²) in [7, 11) is 0. The van der Waals surface area contributed by atoms with Gasteiger partial charge in [0, 0.05) is 17.6 Å². The molecule has 2 N–H and O–H groups in total. The van der Waals surface area contributed by atoms with Crippen molar-refractivity contribution in [3.05, 3.63) is 39.9 Å². The number of thiazole rings is 1. The number of aromatic nitrogens is 1. The van der Waals surface area contributed by atoms with E-state index in [2.05, 4.69) is 10.3 Å². The Bertz CT molecular complexity index is 791. The molecule has 140 valence electrons. The largest absolute Gasteiger partial charge is 0.465 e. The molecule has 7 heteroatoms. The molecule has 0 aliphatic carbocycles. The molecule has 2 aromatic rings. The third-order valence-corrected chi connectivity index (χ3v) is 4.74. The predicted octanol–water partition coefficient (Wildman–Crippen LogP) is 4.39. The SMILES string of the molecule is Cc1cc(C)c(NC(=O)Cc2csc(N(CC(C)C)C(=O)O)n2)c(C)c1. The van der Waals surface area contributed by atoms with Crippen molar-refractivity contribution in [2.45, 2.75) is 41.0 Å². The number of amides is 2. The summed E-state index contributed by atoms with van der Waals surface area (Å²) < 4.78 is 0. The molecule has 0 aliphatic rings. The van der Waals surface area contributed by atoms with Gasteiger partial charge in [0.15, 0.2) is 5.13 Å². The third-order valence-electron chi connectivity index (χ3n) is 3.83. The Balaban J connectivity index is 2.09. The van der Waals surface area contributed by atoms with Crippen LogP contribution >= 0.6 is 11.3 Å². The molecule has 0 unspecified atom stereocenters. The fourth-order valence-electron chi connectivity index (χ4n) is 2.83. The standard InChI is InChI=1S/C19H25N3O3S/c1-11(2)9-22(19(24)25)18-20-15(10-26-18)8-16(23)21-17-13(4)6-12(3)7-14(17)5/h6-7,10-11H,8-9H2,1-5H3,(H,21,23)(H,24,25). The van der Waals surface area contributed by atoms with Crippen molar-refractivity contribution >= 4 is 34.2 Å². The Morgan fingerprint density at radius 1 is 1.23 bits per heavy atom. The van der Waals surface area contributed by atoms with Gasteiger partial charge in [0.1, 0.15) is 0 Å². The molecule has 0 spiro atoms. The maximum Gasteiger partial charge on any atom is 0.413 e. The van der Waals surface area contributed by atoms with Crippen LogP contribution in [0.2, 0.25) is 0 Å². The lowest BCUT2D eigenvalue weighted by molar-refractivity contribution is -0.115. The van der Waals surface area contributed by atoms with Crippen LogP contribution in [0.15, 0.2) is 17.5 Å². The van der Waals surface area contributed by atoms with E-state index in [9.17, 15) is 14.7 Å². The third kappa shape index (κ3) is 5.05. The number of hydrogen-bond acceptors (Lipinski definition) is 4. The highest BCUT2D eigenvalue weighted by Gasteiger charge is 2.20. The van der Waals surface area contributed by atoms with E-state index < -0.39 is 6.09 Å². The van der Waals surface area contributed by atoms with Gasteiger partial charge in [-0.2, -0.15) is 0 Å². The van der Waals surface area contributed by atoms with E-state index in [0.717, 1.165) is 22.4 Å². The minimum Gasteiger partial charge on any atom is -0.465 e. The molecule has 0 saturated heterocycles. The molecule has 26 heavy (non-hydrogen) atoms. The van der Waals surface area contributed by atoms with E-state index in [-0.39, 0.29) is 18.2 Å². The van der Waals surface area contributed by atoms with Crippen LogP contribution in [0.25, 0.3) is 0 Å². The molecule has 6 nitrogen and oxygen atoms in total. The number of carboxylic acid groups (broad SMARTS) is 1. The minimum absolute atomic E-state index is 0.110. The molecular weight excluding hydrogens is 350 g/mol. The highest BCUT2D eigenvalue weighted by molar-refractivity contribution is 7.14. The van der Waals surface area contributed by atoms with Crippen LogP contribution in [0.4, 0.5) is 15.6 Å². The van der Waals surface area contributed by atoms with Crippen molar-refractivity contribution in [1.29, 1.82) is 0 Å². The summed E-state index contributed by atoms with van der Waals surface area (Å²) in [6.45, 7) is 10.2. The zero-order valence-corrected chi connectivity index (χ0v) is 16.6. The van der Waals surface area contributed by atoms with Gasteiger partial charge in [-0.3, -0.25) is 9.69 Å². The summed E-state index contributed by atoms with van der Waals surface area (Å²) in [5.74, 6) is 0.0249. The topological polar surface area (TPSA) is 82.5 Å². The predicted molar refractivity (Wildman–Crippen MR) is 105 cm³/mol. The van der Waals surface area contributed by atoms with Crippen LogP contribution in [0.1, 0.15) is 36.2 Å². The van der Waals surface area contributed by atoms with Gasteiger partial charge < -0.3 is 10.4 Å². The highest BCUT2D eigenvalue weighted by atomic mass is 32.1. The van der Waals surface area contributed by atoms with Crippen LogP contribution in [0.5, 0.6) is 0 Å². The van der Waals surface area contributed by atoms with E-state index in [1.165, 1.54) is 16.2 Å². The van der Waals surface area contributed by atoms with Crippen molar-refractivity contribution in [2.75, 3.05) is 16.8 Å². The molecule has 2 amide bonds. The second-order valence-corrected chi connectivity index (χ2v) is 7.74. The number of nitrogens with one attached hydrogen (secondary N) is 1. The van der Waals surface area contributed by atoms with Gasteiger partial charge in [-0.25, -0.2) is 9.78 Å². The minimum atomic E-state index is -1.03. The summed E-state index contributed by atoms with van der Waals surface area (Å²) in [5, 5.41) is 14.4. The van der Waals surface area contributed by atoms with Crippen LogP contribution in [-0.4, -0.2) is 28.6 Å². The van der Waals surface area contributed by atoms with Gasteiger partial charge in [0.25, 0.3) is 0 Å². The normalized spacial score (nSPS) is 10.8. The number of aryl methyl sites for hydroxylation is 3. The van der Waals surface area contributed by atoms with Crippen molar-refractivity contribution < 1.29 is 14.7 Å². The van der Waals surface area contributed by atoms with Crippen molar-refractivity contribution in [3.8, 4) is 0 Å². The second-order valence-electron chi connectivity index (χ2n) is 6.91. The number of carbonyl (C=O) groups is 2. The first kappa shape index (κ1) is 19.9. The number of nitrogens with zero attached hydrogens (tertiary/aromatic N) is 2. The van der Waals surface area contributed by atoms with Crippen LogP contribution in [0.3, 0.4) is 0 Å². The van der Waals surface area contributed by atoms with E-state index in [4.69, 9.17) is 0 Å². The Morgan fingerprint density at radius 3 is 2.38 bits per heavy atom. The first-order chi connectivity index (χ1) is 12.2. The van der Waals surface area contributed by atoms with Crippen LogP contribution in [-0.2, 0) is 11.2 Å². The molecule has 0 fully saturated rings. The van der Waals surface area contributed by atoms with Crippen LogP contribution in [0, 0.1) is 26.7 Å². The zero-order valence-electron chi connectivity index (χ0n) is 15.8. The van der Waals surface area contributed by atoms with Gasteiger partial charge in [-0.1, -0.05) is 31.5 Å². The van der Waals surface area contributed by atoms with E-state index >= 15 is 0 Å². The molecule has 1 aromatic carbocycles. The lowest BCUT2D eigenvalue weighted by Crippen LogP contribution is -2.32. The molecule has 0 bridgehead atoms. The fourth-order valence-corrected chi connectivity index (χ4v) is 3.66. The van der Waals surface area contributed by atoms with Crippen molar-refractivity contribution in [1.82, 2.24) is 4.98 Å². The Hall–Kier alpha value is -2.41. The summed E-state index contributed by atoms with van der Waals surface area (Å²) in [4.78, 5) is 29.4. The van der Waals surface area contributed by atoms with E-state index in [0.29, 0.717) is 17.4 Å². The monoisotopic (exact) mass is 375 g/mol. The summed E-state index contributed by atoms with van der Waals surface area (Å²) in [6, 6.07) is 4.06. The number of anilines is 2. The summed E-state index contributed by atoms with van der Waals surface area (Å²) in [6.07, 6.45) is -0.923.